The maximum atomic E-state index is 12.6. The number of ether oxygens (including phenoxy) is 2. The van der Waals surface area contributed by atoms with E-state index in [1.807, 2.05) is 43.3 Å². The van der Waals surface area contributed by atoms with Gasteiger partial charge in [-0.3, -0.25) is 9.29 Å². The van der Waals surface area contributed by atoms with Crippen LogP contribution in [-0.2, 0) is 9.59 Å². The van der Waals surface area contributed by atoms with Gasteiger partial charge in [-0.05, 0) is 66.1 Å². The predicted molar refractivity (Wildman–Crippen MR) is 154 cm³/mol. The van der Waals surface area contributed by atoms with Crippen LogP contribution in [0.3, 0.4) is 0 Å². The van der Waals surface area contributed by atoms with Crippen LogP contribution >= 0.6 is 0 Å². The number of rotatable bonds is 9. The molecule has 0 aliphatic carbocycles. The molecule has 1 fully saturated rings. The van der Waals surface area contributed by atoms with Gasteiger partial charge in [0.05, 0.1) is 6.67 Å². The second-order valence-electron chi connectivity index (χ2n) is 9.97. The van der Waals surface area contributed by atoms with Crippen LogP contribution in [-0.4, -0.2) is 70.2 Å². The summed E-state index contributed by atoms with van der Waals surface area (Å²) in [5, 5.41) is 35.7. The summed E-state index contributed by atoms with van der Waals surface area (Å²) in [6, 6.07) is 20.1. The van der Waals surface area contributed by atoms with E-state index >= 15 is 0 Å². The highest BCUT2D eigenvalue weighted by molar-refractivity contribution is 5.96. The highest BCUT2D eigenvalue weighted by atomic mass is 19.1. The van der Waals surface area contributed by atoms with Crippen LogP contribution in [0.25, 0.3) is 11.1 Å². The number of carbonyl (C=O) groups is 2. The number of hydrogen-bond donors (Lipinski definition) is 4. The Balaban J connectivity index is 0.000000446. The van der Waals surface area contributed by atoms with Gasteiger partial charge in [0.15, 0.2) is 0 Å². The number of aliphatic carboxylic acids is 2. The third-order valence-corrected chi connectivity index (χ3v) is 6.91. The zero-order valence-corrected chi connectivity index (χ0v) is 22.9. The Hall–Kier alpha value is -4.83. The van der Waals surface area contributed by atoms with Gasteiger partial charge >= 0.3 is 11.9 Å². The van der Waals surface area contributed by atoms with Gasteiger partial charge in [0.25, 0.3) is 0 Å². The molecule has 2 aliphatic rings. The SMILES string of the molecule is CC1=C(c2cccc(O)c2)[C@H](c2ccc(OCCN3CC(CF)C3)cc2)Oc2ccc(O)cc21.O=C(O)/C=C\C(=O)O. The molecule has 0 bridgehead atoms. The average molecular weight is 578 g/mol. The number of nitrogens with zero attached hydrogens (tertiary/aromatic N) is 1. The molecule has 1 atom stereocenters. The second kappa shape index (κ2) is 13.7. The minimum atomic E-state index is -1.26. The summed E-state index contributed by atoms with van der Waals surface area (Å²) in [6.07, 6.45) is 0.733. The van der Waals surface area contributed by atoms with Gasteiger partial charge < -0.3 is 29.9 Å². The number of halogens is 1. The fourth-order valence-corrected chi connectivity index (χ4v) is 4.85. The molecule has 0 unspecified atom stereocenters. The minimum Gasteiger partial charge on any atom is -0.508 e. The van der Waals surface area contributed by atoms with Crippen molar-refractivity contribution in [3.05, 3.63) is 95.6 Å². The third-order valence-electron chi connectivity index (χ3n) is 6.91. The highest BCUT2D eigenvalue weighted by Gasteiger charge is 2.30. The van der Waals surface area contributed by atoms with Crippen molar-refractivity contribution in [2.45, 2.75) is 13.0 Å². The van der Waals surface area contributed by atoms with Gasteiger partial charge in [-0.1, -0.05) is 24.3 Å². The lowest BCUT2D eigenvalue weighted by atomic mass is 9.86. The second-order valence-corrected chi connectivity index (χ2v) is 9.97. The summed E-state index contributed by atoms with van der Waals surface area (Å²) in [5.74, 6) is -0.504. The van der Waals surface area contributed by atoms with Crippen molar-refractivity contribution in [1.29, 1.82) is 0 Å². The Morgan fingerprint density at radius 2 is 1.64 bits per heavy atom. The molecule has 10 heteroatoms. The number of aromatic hydroxyl groups is 2. The lowest BCUT2D eigenvalue weighted by molar-refractivity contribution is -0.134. The summed E-state index contributed by atoms with van der Waals surface area (Å²) in [5.41, 5.74) is 4.56. The average Bonchev–Trinajstić information content (AvgIpc) is 2.94. The highest BCUT2D eigenvalue weighted by Crippen LogP contribution is 2.47. The largest absolute Gasteiger partial charge is 0.508 e. The normalized spacial score (nSPS) is 16.6. The predicted octanol–water partition coefficient (Wildman–Crippen LogP) is 5.15. The number of likely N-dealkylation sites (tertiary alicyclic amines) is 1. The maximum Gasteiger partial charge on any atom is 0.328 e. The molecule has 5 rings (SSSR count). The van der Waals surface area contributed by atoms with E-state index in [9.17, 15) is 24.2 Å². The van der Waals surface area contributed by atoms with Crippen LogP contribution in [0.1, 0.15) is 29.7 Å². The van der Waals surface area contributed by atoms with Crippen LogP contribution in [0.5, 0.6) is 23.0 Å². The van der Waals surface area contributed by atoms with Crippen molar-refractivity contribution in [2.24, 2.45) is 5.92 Å². The molecule has 2 heterocycles. The maximum absolute atomic E-state index is 12.6. The summed E-state index contributed by atoms with van der Waals surface area (Å²) in [6.45, 7) is 4.72. The molecule has 0 radical (unpaired) electrons. The topological polar surface area (TPSA) is 137 Å². The Labute approximate surface area is 242 Å². The molecule has 42 heavy (non-hydrogen) atoms. The summed E-state index contributed by atoms with van der Waals surface area (Å²) >= 11 is 0. The first-order valence-corrected chi connectivity index (χ1v) is 13.3. The molecule has 0 saturated carbocycles. The number of fused-ring (bicyclic) bond motifs is 1. The number of carboxylic acid groups (broad SMARTS) is 2. The van der Waals surface area contributed by atoms with Crippen LogP contribution in [0, 0.1) is 5.92 Å². The number of allylic oxidation sites excluding steroid dienone is 1. The van der Waals surface area contributed by atoms with Gasteiger partial charge in [-0.2, -0.15) is 0 Å². The Morgan fingerprint density at radius 3 is 2.26 bits per heavy atom. The molecule has 3 aromatic carbocycles. The molecule has 220 valence electrons. The van der Waals surface area contributed by atoms with Crippen LogP contribution in [0.4, 0.5) is 4.39 Å². The standard InChI is InChI=1S/C28H28FNO4.C4H4O4/c1-18-25-14-23(32)7-10-26(25)34-28(27(18)21-3-2-4-22(31)13-21)20-5-8-24(9-6-20)33-12-11-30-16-19(15-29)17-30;5-3(6)1-2-4(7)8/h2-10,13-14,19,28,31-32H,11-12,15-17H2,1H3;1-2H,(H,5,6)(H,7,8)/b;2-1-/t28-;/m0./s1. The number of phenolic OH excluding ortho intramolecular Hbond substituents is 2. The number of carboxylic acids is 2. The van der Waals surface area contributed by atoms with Crippen molar-refractivity contribution >= 4 is 23.1 Å². The quantitative estimate of drug-likeness (QED) is 0.254. The first-order valence-electron chi connectivity index (χ1n) is 13.3. The van der Waals surface area contributed by atoms with E-state index in [0.717, 1.165) is 53.2 Å². The lowest BCUT2D eigenvalue weighted by Gasteiger charge is -2.37. The Bertz CT molecular complexity index is 1460. The van der Waals surface area contributed by atoms with E-state index in [4.69, 9.17) is 19.7 Å². The van der Waals surface area contributed by atoms with Crippen molar-refractivity contribution in [1.82, 2.24) is 4.90 Å². The van der Waals surface area contributed by atoms with Gasteiger partial charge in [-0.25, -0.2) is 9.59 Å². The summed E-state index contributed by atoms with van der Waals surface area (Å²) < 4.78 is 24.9. The molecule has 3 aromatic rings. The van der Waals surface area contributed by atoms with Gasteiger partial charge in [-0.15, -0.1) is 0 Å². The molecule has 9 nitrogen and oxygen atoms in total. The third kappa shape index (κ3) is 7.67. The molecule has 0 amide bonds. The molecule has 0 spiro atoms. The molecule has 2 aliphatic heterocycles. The molecular weight excluding hydrogens is 545 g/mol. The molecule has 4 N–H and O–H groups in total. The van der Waals surface area contributed by atoms with Crippen molar-refractivity contribution in [2.75, 3.05) is 32.9 Å². The van der Waals surface area contributed by atoms with Crippen LogP contribution < -0.4 is 9.47 Å². The molecule has 0 aromatic heterocycles. The monoisotopic (exact) mass is 577 g/mol. The van der Waals surface area contributed by atoms with Crippen LogP contribution in [0.2, 0.25) is 0 Å². The van der Waals surface area contributed by atoms with E-state index in [1.54, 1.807) is 30.3 Å². The van der Waals surface area contributed by atoms with Crippen molar-refractivity contribution < 1.29 is 43.9 Å². The smallest absolute Gasteiger partial charge is 0.328 e. The first kappa shape index (κ1) is 30.1. The van der Waals surface area contributed by atoms with Crippen LogP contribution in [0.15, 0.2) is 78.9 Å². The fourth-order valence-electron chi connectivity index (χ4n) is 4.85. The number of phenols is 2. The van der Waals surface area contributed by atoms with E-state index in [1.165, 1.54) is 0 Å². The van der Waals surface area contributed by atoms with Crippen molar-refractivity contribution in [3.8, 4) is 23.0 Å². The minimum absolute atomic E-state index is 0.176. The number of alkyl halides is 1. The van der Waals surface area contributed by atoms with Gasteiger partial charge in [0.2, 0.25) is 0 Å². The van der Waals surface area contributed by atoms with Gasteiger partial charge in [0.1, 0.15) is 35.7 Å². The first-order chi connectivity index (χ1) is 20.1. The Kier molecular flexibility index (Phi) is 9.82. The summed E-state index contributed by atoms with van der Waals surface area (Å²) in [7, 11) is 0. The molecule has 1 saturated heterocycles. The molecular formula is C32H32FNO8. The van der Waals surface area contributed by atoms with Crippen molar-refractivity contribution in [3.63, 3.8) is 0 Å². The van der Waals surface area contributed by atoms with Gasteiger partial charge in [0, 0.05) is 48.8 Å². The zero-order valence-electron chi connectivity index (χ0n) is 22.9. The fraction of sp³-hybridized carbons (Fsp3) is 0.250. The summed E-state index contributed by atoms with van der Waals surface area (Å²) in [4.78, 5) is 21.3. The van der Waals surface area contributed by atoms with E-state index in [2.05, 4.69) is 4.90 Å². The van der Waals surface area contributed by atoms with E-state index < -0.39 is 11.9 Å². The number of benzene rings is 3. The van der Waals surface area contributed by atoms with E-state index in [0.29, 0.717) is 24.5 Å². The number of hydrogen-bond acceptors (Lipinski definition) is 7. The van der Waals surface area contributed by atoms with E-state index in [-0.39, 0.29) is 30.2 Å². The lowest BCUT2D eigenvalue weighted by Crippen LogP contribution is -2.49. The Morgan fingerprint density at radius 1 is 0.976 bits per heavy atom. The zero-order chi connectivity index (χ0) is 30.2.